The number of hydrogen-bond acceptors (Lipinski definition) is 2. The largest absolute Gasteiger partial charge is 0.379 e. The molecule has 0 spiro atoms. The van der Waals surface area contributed by atoms with E-state index in [1.807, 2.05) is 0 Å². The highest BCUT2D eigenvalue weighted by atomic mass is 16.5. The summed E-state index contributed by atoms with van der Waals surface area (Å²) in [6, 6.07) is 0. The topological polar surface area (TPSA) is 59.6 Å². The highest BCUT2D eigenvalue weighted by Crippen LogP contribution is 2.21. The summed E-state index contributed by atoms with van der Waals surface area (Å²) in [6.45, 7) is 9.69. The molecular weight excluding hydrogens is 178 g/mol. The molecule has 0 aromatic rings. The van der Waals surface area contributed by atoms with E-state index >= 15 is 0 Å². The van der Waals surface area contributed by atoms with Gasteiger partial charge in [0.05, 0.1) is 12.1 Å². The van der Waals surface area contributed by atoms with Crippen LogP contribution < -0.4 is 11.1 Å². The number of guanidine groups is 1. The van der Waals surface area contributed by atoms with Gasteiger partial charge >= 0.3 is 0 Å². The van der Waals surface area contributed by atoms with Crippen LogP contribution in [0, 0.1) is 0 Å². The van der Waals surface area contributed by atoms with E-state index in [0.717, 1.165) is 13.0 Å². The molecule has 0 saturated carbocycles. The molecule has 0 amide bonds. The Balaban J connectivity index is 2.58. The second kappa shape index (κ2) is 3.77. The van der Waals surface area contributed by atoms with Crippen LogP contribution in [0.3, 0.4) is 0 Å². The first kappa shape index (κ1) is 11.3. The maximum Gasteiger partial charge on any atom is 0.189 e. The zero-order valence-electron chi connectivity index (χ0n) is 9.55. The van der Waals surface area contributed by atoms with Crippen molar-refractivity contribution in [3.05, 3.63) is 0 Å². The van der Waals surface area contributed by atoms with Gasteiger partial charge in [-0.25, -0.2) is 4.99 Å². The van der Waals surface area contributed by atoms with Crippen molar-refractivity contribution in [1.82, 2.24) is 5.32 Å². The molecule has 1 aliphatic rings. The maximum atomic E-state index is 5.81. The SMILES string of the molecule is CC1(N=C(N)NC(C)(C)C)CCOC1. The minimum absolute atomic E-state index is 0.0383. The molecule has 4 heteroatoms. The Bertz CT molecular complexity index is 224. The summed E-state index contributed by atoms with van der Waals surface area (Å²) in [7, 11) is 0. The van der Waals surface area contributed by atoms with E-state index in [0.29, 0.717) is 12.6 Å². The highest BCUT2D eigenvalue weighted by molar-refractivity contribution is 5.79. The standard InChI is InChI=1S/C10H21N3O/c1-9(2,3)12-8(11)13-10(4)5-6-14-7-10/h5-7H2,1-4H3,(H3,11,12,13). The molecule has 0 aliphatic carbocycles. The summed E-state index contributed by atoms with van der Waals surface area (Å²) in [5.74, 6) is 0.505. The van der Waals surface area contributed by atoms with Crippen LogP contribution in [0.5, 0.6) is 0 Å². The van der Waals surface area contributed by atoms with Gasteiger partial charge in [-0.1, -0.05) is 0 Å². The van der Waals surface area contributed by atoms with E-state index in [2.05, 4.69) is 38.0 Å². The first-order valence-corrected chi connectivity index (χ1v) is 5.02. The zero-order valence-corrected chi connectivity index (χ0v) is 9.55. The third kappa shape index (κ3) is 3.54. The highest BCUT2D eigenvalue weighted by Gasteiger charge is 2.29. The van der Waals surface area contributed by atoms with Gasteiger partial charge < -0.3 is 15.8 Å². The maximum absolute atomic E-state index is 5.81. The molecule has 0 aromatic carbocycles. The smallest absolute Gasteiger partial charge is 0.189 e. The molecule has 1 aliphatic heterocycles. The fraction of sp³-hybridized carbons (Fsp3) is 0.900. The van der Waals surface area contributed by atoms with Crippen LogP contribution in [0.15, 0.2) is 4.99 Å². The molecule has 0 aromatic heterocycles. The van der Waals surface area contributed by atoms with Gasteiger partial charge in [-0.05, 0) is 34.1 Å². The fourth-order valence-corrected chi connectivity index (χ4v) is 1.45. The monoisotopic (exact) mass is 199 g/mol. The van der Waals surface area contributed by atoms with Crippen molar-refractivity contribution < 1.29 is 4.74 Å². The number of rotatable bonds is 1. The molecule has 1 rings (SSSR count). The minimum Gasteiger partial charge on any atom is -0.379 e. The van der Waals surface area contributed by atoms with Crippen LogP contribution in [0.1, 0.15) is 34.1 Å². The lowest BCUT2D eigenvalue weighted by molar-refractivity contribution is 0.182. The second-order valence-corrected chi connectivity index (χ2v) is 5.17. The molecule has 0 radical (unpaired) electrons. The minimum atomic E-state index is -0.137. The van der Waals surface area contributed by atoms with Crippen molar-refractivity contribution in [3.8, 4) is 0 Å². The summed E-state index contributed by atoms with van der Waals surface area (Å²) < 4.78 is 5.30. The molecule has 1 fully saturated rings. The average Bonchev–Trinajstić information content (AvgIpc) is 2.30. The van der Waals surface area contributed by atoms with Crippen LogP contribution in [0.4, 0.5) is 0 Å². The molecule has 82 valence electrons. The Morgan fingerprint density at radius 2 is 2.14 bits per heavy atom. The van der Waals surface area contributed by atoms with E-state index < -0.39 is 0 Å². The average molecular weight is 199 g/mol. The molecule has 3 N–H and O–H groups in total. The Morgan fingerprint density at radius 3 is 2.57 bits per heavy atom. The van der Waals surface area contributed by atoms with Crippen LogP contribution in [0.2, 0.25) is 0 Å². The molecular formula is C10H21N3O. The van der Waals surface area contributed by atoms with Gasteiger partial charge in [0.15, 0.2) is 5.96 Å². The summed E-state index contributed by atoms with van der Waals surface area (Å²) >= 11 is 0. The van der Waals surface area contributed by atoms with Crippen molar-refractivity contribution in [2.24, 2.45) is 10.7 Å². The Labute approximate surface area is 85.9 Å². The number of nitrogens with zero attached hydrogens (tertiary/aromatic N) is 1. The van der Waals surface area contributed by atoms with Gasteiger partial charge in [0.1, 0.15) is 0 Å². The normalized spacial score (nSPS) is 29.3. The molecule has 0 bridgehead atoms. The van der Waals surface area contributed by atoms with E-state index in [-0.39, 0.29) is 11.1 Å². The Kier molecular flexibility index (Phi) is 3.04. The van der Waals surface area contributed by atoms with Gasteiger partial charge in [-0.15, -0.1) is 0 Å². The Hall–Kier alpha value is -0.770. The summed E-state index contributed by atoms with van der Waals surface area (Å²) in [4.78, 5) is 4.45. The van der Waals surface area contributed by atoms with Crippen molar-refractivity contribution in [2.45, 2.75) is 45.2 Å². The second-order valence-electron chi connectivity index (χ2n) is 5.17. The van der Waals surface area contributed by atoms with Crippen molar-refractivity contribution in [2.75, 3.05) is 13.2 Å². The lowest BCUT2D eigenvalue weighted by Crippen LogP contribution is -2.46. The predicted octanol–water partition coefficient (Wildman–Crippen LogP) is 0.868. The van der Waals surface area contributed by atoms with Crippen LogP contribution in [-0.2, 0) is 4.74 Å². The third-order valence-electron chi connectivity index (χ3n) is 2.09. The van der Waals surface area contributed by atoms with Gasteiger partial charge in [0.25, 0.3) is 0 Å². The van der Waals surface area contributed by atoms with E-state index in [9.17, 15) is 0 Å². The molecule has 4 nitrogen and oxygen atoms in total. The van der Waals surface area contributed by atoms with Crippen LogP contribution in [0.25, 0.3) is 0 Å². The number of aliphatic imine (C=N–C) groups is 1. The lowest BCUT2D eigenvalue weighted by atomic mass is 10.0. The van der Waals surface area contributed by atoms with E-state index in [1.165, 1.54) is 0 Å². The van der Waals surface area contributed by atoms with Crippen molar-refractivity contribution >= 4 is 5.96 Å². The quantitative estimate of drug-likeness (QED) is 0.486. The summed E-state index contributed by atoms with van der Waals surface area (Å²) in [5, 5.41) is 3.14. The van der Waals surface area contributed by atoms with Gasteiger partial charge in [0, 0.05) is 12.1 Å². The molecule has 1 saturated heterocycles. The predicted molar refractivity (Wildman–Crippen MR) is 58.4 cm³/mol. The first-order valence-electron chi connectivity index (χ1n) is 5.02. The molecule has 1 heterocycles. The number of nitrogens with two attached hydrogens (primary N) is 1. The zero-order chi connectivity index (χ0) is 10.8. The summed E-state index contributed by atoms with van der Waals surface area (Å²) in [6.07, 6.45) is 0.944. The fourth-order valence-electron chi connectivity index (χ4n) is 1.45. The molecule has 14 heavy (non-hydrogen) atoms. The lowest BCUT2D eigenvalue weighted by Gasteiger charge is -2.24. The number of hydrogen-bond donors (Lipinski definition) is 2. The van der Waals surface area contributed by atoms with Gasteiger partial charge in [-0.2, -0.15) is 0 Å². The molecule has 1 unspecified atom stereocenters. The van der Waals surface area contributed by atoms with Crippen molar-refractivity contribution in [3.63, 3.8) is 0 Å². The van der Waals surface area contributed by atoms with Gasteiger partial charge in [-0.3, -0.25) is 0 Å². The van der Waals surface area contributed by atoms with Gasteiger partial charge in [0.2, 0.25) is 0 Å². The Morgan fingerprint density at radius 1 is 1.50 bits per heavy atom. The number of ether oxygens (including phenoxy) is 1. The third-order valence-corrected chi connectivity index (χ3v) is 2.09. The van der Waals surface area contributed by atoms with E-state index in [1.54, 1.807) is 0 Å². The van der Waals surface area contributed by atoms with E-state index in [4.69, 9.17) is 10.5 Å². The van der Waals surface area contributed by atoms with Crippen molar-refractivity contribution in [1.29, 1.82) is 0 Å². The van der Waals surface area contributed by atoms with Crippen LogP contribution in [-0.4, -0.2) is 30.3 Å². The molecule has 1 atom stereocenters. The number of nitrogens with one attached hydrogen (secondary N) is 1. The first-order chi connectivity index (χ1) is 6.31. The summed E-state index contributed by atoms with van der Waals surface area (Å²) in [5.41, 5.74) is 5.63. The van der Waals surface area contributed by atoms with Crippen LogP contribution >= 0.6 is 0 Å².